The standard InChI is InChI=1S/C22H29BrN2O3/c23-17-8-5-9-19-21(17)18(13-25(19)10-11-26)24-20(27)12-22(14-28-15-22)16-6-3-1-2-4-7-16/h5,8-9,13,16,26H,1-4,6-7,10-12,14-15H2,(H,24,27). The number of hydrogen-bond donors (Lipinski definition) is 2. The lowest BCUT2D eigenvalue weighted by atomic mass is 9.68. The smallest absolute Gasteiger partial charge is 0.225 e. The minimum Gasteiger partial charge on any atom is -0.395 e. The van der Waals surface area contributed by atoms with Gasteiger partial charge < -0.3 is 19.7 Å². The van der Waals surface area contributed by atoms with E-state index in [9.17, 15) is 9.90 Å². The second-order valence-corrected chi connectivity index (χ2v) is 9.22. The summed E-state index contributed by atoms with van der Waals surface area (Å²) in [4.78, 5) is 13.0. The largest absolute Gasteiger partial charge is 0.395 e. The van der Waals surface area contributed by atoms with E-state index in [0.717, 1.165) is 21.1 Å². The predicted molar refractivity (Wildman–Crippen MR) is 114 cm³/mol. The minimum atomic E-state index is 0.00905. The summed E-state index contributed by atoms with van der Waals surface area (Å²) in [5, 5.41) is 13.5. The summed E-state index contributed by atoms with van der Waals surface area (Å²) in [5.41, 5.74) is 1.82. The van der Waals surface area contributed by atoms with Crippen LogP contribution in [0.15, 0.2) is 28.9 Å². The Balaban J connectivity index is 1.53. The van der Waals surface area contributed by atoms with Crippen LogP contribution in [0, 0.1) is 11.3 Å². The summed E-state index contributed by atoms with van der Waals surface area (Å²) in [6.45, 7) is 1.98. The van der Waals surface area contributed by atoms with E-state index < -0.39 is 0 Å². The van der Waals surface area contributed by atoms with Crippen molar-refractivity contribution in [2.24, 2.45) is 11.3 Å². The lowest BCUT2D eigenvalue weighted by Crippen LogP contribution is -2.50. The van der Waals surface area contributed by atoms with Crippen LogP contribution >= 0.6 is 15.9 Å². The Labute approximate surface area is 174 Å². The van der Waals surface area contributed by atoms with Gasteiger partial charge in [-0.3, -0.25) is 4.79 Å². The van der Waals surface area contributed by atoms with Gasteiger partial charge in [0, 0.05) is 34.4 Å². The monoisotopic (exact) mass is 448 g/mol. The number of fused-ring (bicyclic) bond motifs is 1. The number of halogens is 1. The number of ether oxygens (including phenoxy) is 1. The minimum absolute atomic E-state index is 0.00905. The highest BCUT2D eigenvalue weighted by atomic mass is 79.9. The van der Waals surface area contributed by atoms with Gasteiger partial charge in [-0.1, -0.05) is 47.7 Å². The molecule has 2 aliphatic rings. The van der Waals surface area contributed by atoms with Gasteiger partial charge in [0.25, 0.3) is 0 Å². The molecule has 1 amide bonds. The van der Waals surface area contributed by atoms with Crippen LogP contribution in [-0.2, 0) is 16.1 Å². The summed E-state index contributed by atoms with van der Waals surface area (Å²) in [6, 6.07) is 5.96. The number of amides is 1. The molecule has 28 heavy (non-hydrogen) atoms. The average molecular weight is 449 g/mol. The van der Waals surface area contributed by atoms with Crippen LogP contribution in [0.2, 0.25) is 0 Å². The average Bonchev–Trinajstić information content (AvgIpc) is 2.82. The first-order chi connectivity index (χ1) is 13.6. The Morgan fingerprint density at radius 2 is 2.00 bits per heavy atom. The SMILES string of the molecule is O=C(CC1(C2CCCCCC2)COC1)Nc1cn(CCO)c2cccc(Br)c12. The summed E-state index contributed by atoms with van der Waals surface area (Å²) in [7, 11) is 0. The van der Waals surface area contributed by atoms with E-state index in [4.69, 9.17) is 4.74 Å². The number of benzene rings is 1. The summed E-state index contributed by atoms with van der Waals surface area (Å²) in [6.07, 6.45) is 10.1. The summed E-state index contributed by atoms with van der Waals surface area (Å²) >= 11 is 3.61. The van der Waals surface area contributed by atoms with Crippen LogP contribution in [0.25, 0.3) is 10.9 Å². The molecule has 1 aromatic carbocycles. The Morgan fingerprint density at radius 1 is 1.25 bits per heavy atom. The third-order valence-corrected chi connectivity index (χ3v) is 7.14. The quantitative estimate of drug-likeness (QED) is 0.628. The van der Waals surface area contributed by atoms with Crippen molar-refractivity contribution in [2.75, 3.05) is 25.1 Å². The Kier molecular flexibility index (Phi) is 6.09. The first-order valence-corrected chi connectivity index (χ1v) is 11.2. The number of aliphatic hydroxyl groups is 1. The van der Waals surface area contributed by atoms with E-state index in [2.05, 4.69) is 21.2 Å². The zero-order valence-electron chi connectivity index (χ0n) is 16.3. The maximum Gasteiger partial charge on any atom is 0.225 e. The molecule has 2 N–H and O–H groups in total. The number of rotatable bonds is 6. The van der Waals surface area contributed by atoms with E-state index in [1.54, 1.807) is 0 Å². The molecule has 152 valence electrons. The molecule has 0 radical (unpaired) electrons. The lowest BCUT2D eigenvalue weighted by molar-refractivity contribution is -0.160. The number of anilines is 1. The van der Waals surface area contributed by atoms with Crippen molar-refractivity contribution >= 4 is 38.4 Å². The third kappa shape index (κ3) is 3.87. The summed E-state index contributed by atoms with van der Waals surface area (Å²) in [5.74, 6) is 0.656. The topological polar surface area (TPSA) is 63.5 Å². The number of nitrogens with zero attached hydrogens (tertiary/aromatic N) is 1. The molecular formula is C22H29BrN2O3. The molecule has 2 aromatic rings. The number of aliphatic hydroxyl groups excluding tert-OH is 1. The van der Waals surface area contributed by atoms with Crippen LogP contribution in [-0.4, -0.2) is 35.4 Å². The normalized spacial score (nSPS) is 19.9. The Hall–Kier alpha value is -1.37. The number of aromatic nitrogens is 1. The number of nitrogens with one attached hydrogen (secondary N) is 1. The molecular weight excluding hydrogens is 420 g/mol. The molecule has 1 saturated heterocycles. The van der Waals surface area contributed by atoms with Crippen molar-refractivity contribution in [3.05, 3.63) is 28.9 Å². The van der Waals surface area contributed by atoms with Gasteiger partial charge in [0.15, 0.2) is 0 Å². The van der Waals surface area contributed by atoms with Crippen LogP contribution in [0.3, 0.4) is 0 Å². The van der Waals surface area contributed by atoms with Crippen molar-refractivity contribution in [3.8, 4) is 0 Å². The molecule has 0 unspecified atom stereocenters. The van der Waals surface area contributed by atoms with E-state index in [1.165, 1.54) is 38.5 Å². The highest BCUT2D eigenvalue weighted by molar-refractivity contribution is 9.10. The summed E-state index contributed by atoms with van der Waals surface area (Å²) < 4.78 is 8.53. The highest BCUT2D eigenvalue weighted by Gasteiger charge is 2.46. The molecule has 0 atom stereocenters. The Morgan fingerprint density at radius 3 is 2.64 bits per heavy atom. The van der Waals surface area contributed by atoms with E-state index >= 15 is 0 Å². The molecule has 0 spiro atoms. The van der Waals surface area contributed by atoms with Gasteiger partial charge in [0.05, 0.1) is 31.0 Å². The van der Waals surface area contributed by atoms with Crippen LogP contribution in [0.1, 0.15) is 44.9 Å². The number of carbonyl (C=O) groups is 1. The van der Waals surface area contributed by atoms with E-state index in [1.807, 2.05) is 29.0 Å². The molecule has 5 nitrogen and oxygen atoms in total. The van der Waals surface area contributed by atoms with Crippen LogP contribution < -0.4 is 5.32 Å². The lowest BCUT2D eigenvalue weighted by Gasteiger charge is -2.47. The maximum absolute atomic E-state index is 13.0. The first kappa shape index (κ1) is 19.9. The second-order valence-electron chi connectivity index (χ2n) is 8.36. The fourth-order valence-electron chi connectivity index (χ4n) is 4.95. The van der Waals surface area contributed by atoms with Crippen molar-refractivity contribution in [3.63, 3.8) is 0 Å². The molecule has 1 aromatic heterocycles. The van der Waals surface area contributed by atoms with Crippen molar-refractivity contribution in [2.45, 2.75) is 51.5 Å². The second kappa shape index (κ2) is 8.56. The van der Waals surface area contributed by atoms with Crippen molar-refractivity contribution in [1.29, 1.82) is 0 Å². The number of carbonyl (C=O) groups excluding carboxylic acids is 1. The highest BCUT2D eigenvalue weighted by Crippen LogP contribution is 2.46. The zero-order chi connectivity index (χ0) is 19.6. The molecule has 4 rings (SSSR count). The number of hydrogen-bond acceptors (Lipinski definition) is 3. The van der Waals surface area contributed by atoms with Crippen molar-refractivity contribution < 1.29 is 14.6 Å². The van der Waals surface area contributed by atoms with Crippen molar-refractivity contribution in [1.82, 2.24) is 4.57 Å². The van der Waals surface area contributed by atoms with Gasteiger partial charge in [0.1, 0.15) is 0 Å². The van der Waals surface area contributed by atoms with Gasteiger partial charge >= 0.3 is 0 Å². The molecule has 2 heterocycles. The fraction of sp³-hybridized carbons (Fsp3) is 0.591. The maximum atomic E-state index is 13.0. The van der Waals surface area contributed by atoms with Gasteiger partial charge in [0.2, 0.25) is 5.91 Å². The predicted octanol–water partition coefficient (Wildman–Crippen LogP) is 4.71. The zero-order valence-corrected chi connectivity index (χ0v) is 17.8. The fourth-order valence-corrected chi connectivity index (χ4v) is 5.52. The molecule has 6 heteroatoms. The van der Waals surface area contributed by atoms with Gasteiger partial charge in [-0.05, 0) is 30.9 Å². The van der Waals surface area contributed by atoms with E-state index in [0.29, 0.717) is 32.1 Å². The molecule has 0 bridgehead atoms. The first-order valence-electron chi connectivity index (χ1n) is 10.4. The van der Waals surface area contributed by atoms with E-state index in [-0.39, 0.29) is 17.9 Å². The molecule has 1 aliphatic carbocycles. The molecule has 1 saturated carbocycles. The molecule has 2 fully saturated rings. The van der Waals surface area contributed by atoms with Gasteiger partial charge in [-0.25, -0.2) is 0 Å². The van der Waals surface area contributed by atoms with Crippen LogP contribution in [0.4, 0.5) is 5.69 Å². The Bertz CT molecular complexity index is 836. The van der Waals surface area contributed by atoms with Gasteiger partial charge in [-0.15, -0.1) is 0 Å². The van der Waals surface area contributed by atoms with Crippen LogP contribution in [0.5, 0.6) is 0 Å². The third-order valence-electron chi connectivity index (χ3n) is 6.48. The molecule has 1 aliphatic heterocycles. The van der Waals surface area contributed by atoms with Gasteiger partial charge in [-0.2, -0.15) is 0 Å².